The Labute approximate surface area is 170 Å². The average molecular weight is 405 g/mol. The molecule has 0 unspecified atom stereocenters. The minimum absolute atomic E-state index is 0.139. The second-order valence-corrected chi connectivity index (χ2v) is 16.3. The van der Waals surface area contributed by atoms with Gasteiger partial charge in [0.25, 0.3) is 0 Å². The van der Waals surface area contributed by atoms with Crippen molar-refractivity contribution in [2.45, 2.75) is 78.8 Å². The topological polar surface area (TPSA) is 29.5 Å². The predicted molar refractivity (Wildman–Crippen MR) is 122 cm³/mol. The van der Waals surface area contributed by atoms with Crippen LogP contribution < -0.4 is 9.24 Å². The first kappa shape index (κ1) is 22.0. The van der Waals surface area contributed by atoms with Crippen LogP contribution in [0.25, 0.3) is 0 Å². The van der Waals surface area contributed by atoms with Gasteiger partial charge in [-0.05, 0) is 40.0 Å². The maximum Gasteiger partial charge on any atom is 0.136 e. The summed E-state index contributed by atoms with van der Waals surface area (Å²) >= 11 is 1.93. The Morgan fingerprint density at radius 2 is 1.48 bits per heavy atom. The summed E-state index contributed by atoms with van der Waals surface area (Å²) < 4.78 is 7.84. The van der Waals surface area contributed by atoms with Crippen LogP contribution in [0.4, 0.5) is 0 Å². The van der Waals surface area contributed by atoms with E-state index in [1.54, 1.807) is 0 Å². The Morgan fingerprint density at radius 1 is 0.963 bits per heavy atom. The lowest BCUT2D eigenvalue weighted by molar-refractivity contribution is 0.369. The third kappa shape index (κ3) is 5.17. The number of rotatable bonds is 5. The van der Waals surface area contributed by atoms with Crippen molar-refractivity contribution in [3.8, 4) is 11.5 Å². The Morgan fingerprint density at radius 3 is 1.89 bits per heavy atom. The van der Waals surface area contributed by atoms with Crippen LogP contribution in [0.15, 0.2) is 24.3 Å². The molecular formula is C23H36O2SSi. The normalized spacial score (nSPS) is 13.1. The lowest BCUT2D eigenvalue weighted by Gasteiger charge is -2.29. The van der Waals surface area contributed by atoms with E-state index >= 15 is 0 Å². The highest BCUT2D eigenvalue weighted by molar-refractivity contribution is 7.26. The second kappa shape index (κ2) is 7.63. The molecule has 0 aliphatic carbocycles. The molecule has 0 saturated carbocycles. The minimum atomic E-state index is -1.66. The van der Waals surface area contributed by atoms with Crippen LogP contribution in [0, 0.1) is 0 Å². The smallest absolute Gasteiger partial charge is 0.136 e. The largest absolute Gasteiger partial charge is 0.507 e. The molecule has 0 radical (unpaired) electrons. The van der Waals surface area contributed by atoms with Gasteiger partial charge in [0.2, 0.25) is 0 Å². The highest BCUT2D eigenvalue weighted by atomic mass is 32.1. The number of ether oxygens (including phenoxy) is 1. The molecule has 2 rings (SSSR count). The molecule has 2 aromatic rings. The van der Waals surface area contributed by atoms with Crippen LogP contribution >= 0.6 is 11.3 Å². The summed E-state index contributed by atoms with van der Waals surface area (Å²) in [5, 5.41) is 10.9. The molecule has 2 nitrogen and oxygen atoms in total. The number of thiophene rings is 1. The fraction of sp³-hybridized carbons (Fsp3) is 0.565. The number of benzene rings is 1. The van der Waals surface area contributed by atoms with Crippen LogP contribution in [0.3, 0.4) is 0 Å². The Kier molecular flexibility index (Phi) is 6.23. The van der Waals surface area contributed by atoms with Crippen molar-refractivity contribution in [3.05, 3.63) is 40.3 Å². The third-order valence-corrected chi connectivity index (χ3v) is 10.3. The summed E-state index contributed by atoms with van der Waals surface area (Å²) in [7, 11) is -1.66. The van der Waals surface area contributed by atoms with Gasteiger partial charge in [-0.25, -0.2) is 0 Å². The van der Waals surface area contributed by atoms with Crippen molar-refractivity contribution in [3.63, 3.8) is 0 Å². The van der Waals surface area contributed by atoms with Crippen LogP contribution in [0.5, 0.6) is 11.5 Å². The van der Waals surface area contributed by atoms with Crippen molar-refractivity contribution in [2.75, 3.05) is 6.23 Å². The summed E-state index contributed by atoms with van der Waals surface area (Å²) in [6.45, 7) is 19.7. The maximum atomic E-state index is 10.9. The van der Waals surface area contributed by atoms with Gasteiger partial charge in [0.05, 0.1) is 6.23 Å². The van der Waals surface area contributed by atoms with Crippen LogP contribution in [-0.4, -0.2) is 19.4 Å². The number of hydrogen-bond donors (Lipinski definition) is 1. The third-order valence-electron chi connectivity index (χ3n) is 4.98. The molecule has 1 heterocycles. The van der Waals surface area contributed by atoms with Crippen molar-refractivity contribution in [1.82, 2.24) is 0 Å². The molecule has 0 atom stereocenters. The van der Waals surface area contributed by atoms with Crippen molar-refractivity contribution < 1.29 is 9.84 Å². The zero-order chi connectivity index (χ0) is 20.6. The molecule has 0 aliphatic heterocycles. The molecular weight excluding hydrogens is 368 g/mol. The van der Waals surface area contributed by atoms with Gasteiger partial charge in [-0.3, -0.25) is 0 Å². The lowest BCUT2D eigenvalue weighted by Crippen LogP contribution is -2.45. The first-order chi connectivity index (χ1) is 12.3. The molecule has 0 aliphatic rings. The second-order valence-electron chi connectivity index (χ2n) is 10.2. The maximum absolute atomic E-state index is 10.9. The molecule has 0 spiro atoms. The molecule has 0 fully saturated rings. The fourth-order valence-corrected chi connectivity index (χ4v) is 6.68. The van der Waals surface area contributed by atoms with Gasteiger partial charge >= 0.3 is 0 Å². The monoisotopic (exact) mass is 404 g/mol. The summed E-state index contributed by atoms with van der Waals surface area (Å²) in [5.41, 5.74) is 1.63. The van der Waals surface area contributed by atoms with Gasteiger partial charge in [-0.2, -0.15) is 0 Å². The van der Waals surface area contributed by atoms with E-state index in [-0.39, 0.29) is 10.8 Å². The Hall–Kier alpha value is -1.26. The number of hydrogen-bond acceptors (Lipinski definition) is 3. The molecule has 0 bridgehead atoms. The number of aromatic hydroxyl groups is 1. The van der Waals surface area contributed by atoms with Crippen LogP contribution in [0.2, 0.25) is 13.1 Å². The summed E-state index contributed by atoms with van der Waals surface area (Å²) in [5.74, 6) is 1.28. The SMILES string of the molecule is CCc1ccc([Si](C)(C)COc2cc(C(C)(C)C)c(O)c(C(C)(C)C)c2)s1. The van der Waals surface area contributed by atoms with Gasteiger partial charge in [-0.15, -0.1) is 11.3 Å². The van der Waals surface area contributed by atoms with Crippen molar-refractivity contribution in [2.24, 2.45) is 0 Å². The van der Waals surface area contributed by atoms with E-state index in [4.69, 9.17) is 4.74 Å². The lowest BCUT2D eigenvalue weighted by atomic mass is 9.79. The predicted octanol–water partition coefficient (Wildman–Crippen LogP) is 6.14. The first-order valence-electron chi connectivity index (χ1n) is 9.85. The van der Waals surface area contributed by atoms with Gasteiger partial charge in [-0.1, -0.05) is 67.6 Å². The molecule has 150 valence electrons. The molecule has 1 aromatic carbocycles. The van der Waals surface area contributed by atoms with E-state index in [1.165, 1.54) is 9.38 Å². The van der Waals surface area contributed by atoms with E-state index in [9.17, 15) is 5.11 Å². The van der Waals surface area contributed by atoms with Gasteiger partial charge < -0.3 is 9.84 Å². The van der Waals surface area contributed by atoms with Gasteiger partial charge in [0.15, 0.2) is 0 Å². The number of phenols is 1. The summed E-state index contributed by atoms with van der Waals surface area (Å²) in [6, 6.07) is 8.60. The van der Waals surface area contributed by atoms with Crippen LogP contribution in [-0.2, 0) is 17.3 Å². The quantitative estimate of drug-likeness (QED) is 0.606. The zero-order valence-electron chi connectivity index (χ0n) is 18.5. The standard InChI is InChI=1S/C23H36O2SSi/c1-10-17-11-12-20(26-17)27(8,9)15-25-16-13-18(22(2,3)4)21(24)19(14-16)23(5,6)7/h11-14,24H,10,15H2,1-9H3. The minimum Gasteiger partial charge on any atom is -0.507 e. The highest BCUT2D eigenvalue weighted by Gasteiger charge is 2.29. The van der Waals surface area contributed by atoms with Crippen LogP contribution in [0.1, 0.15) is 64.5 Å². The van der Waals surface area contributed by atoms with E-state index in [2.05, 4.69) is 73.7 Å². The molecule has 1 aromatic heterocycles. The average Bonchev–Trinajstić information content (AvgIpc) is 3.01. The summed E-state index contributed by atoms with van der Waals surface area (Å²) in [4.78, 5) is 1.44. The van der Waals surface area contributed by atoms with E-state index < -0.39 is 8.07 Å². The highest BCUT2D eigenvalue weighted by Crippen LogP contribution is 2.41. The Balaban J connectivity index is 2.35. The van der Waals surface area contributed by atoms with E-state index in [0.717, 1.165) is 29.5 Å². The fourth-order valence-electron chi connectivity index (χ4n) is 3.10. The molecule has 1 N–H and O–H groups in total. The number of aryl methyl sites for hydroxylation is 1. The zero-order valence-corrected chi connectivity index (χ0v) is 20.3. The van der Waals surface area contributed by atoms with E-state index in [1.807, 2.05) is 23.5 Å². The summed E-state index contributed by atoms with van der Waals surface area (Å²) in [6.07, 6.45) is 1.84. The molecule has 27 heavy (non-hydrogen) atoms. The molecule has 0 saturated heterocycles. The molecule has 4 heteroatoms. The van der Waals surface area contributed by atoms with Gasteiger partial charge in [0.1, 0.15) is 19.6 Å². The van der Waals surface area contributed by atoms with Crippen molar-refractivity contribution in [1.29, 1.82) is 0 Å². The Bertz CT molecular complexity index is 756. The van der Waals surface area contributed by atoms with Crippen molar-refractivity contribution >= 4 is 23.9 Å². The van der Waals surface area contributed by atoms with Gasteiger partial charge in [0, 0.05) is 16.0 Å². The molecule has 0 amide bonds. The number of phenolic OH excluding ortho intramolecular Hbond substituents is 1. The van der Waals surface area contributed by atoms with E-state index in [0.29, 0.717) is 5.75 Å². The first-order valence-corrected chi connectivity index (χ1v) is 13.9.